The van der Waals surface area contributed by atoms with Crippen LogP contribution >= 0.6 is 0 Å². The Bertz CT molecular complexity index is 1030. The number of rotatable bonds is 3. The molecular formula is C23H25N3O3. The molecule has 0 bridgehead atoms. The SMILES string of the molecule is Cc1c([C@@H](C)NC(=O)N2CCNC(=O)C[C@H]2c2ccccc2)oc2ccccc12. The minimum atomic E-state index is -0.303. The van der Waals surface area contributed by atoms with Crippen LogP contribution in [0.2, 0.25) is 0 Å². The van der Waals surface area contributed by atoms with Crippen molar-refractivity contribution in [3.05, 3.63) is 71.5 Å². The number of nitrogens with one attached hydrogen (secondary N) is 2. The van der Waals surface area contributed by atoms with Crippen molar-refractivity contribution in [1.82, 2.24) is 15.5 Å². The molecule has 3 aromatic rings. The molecule has 2 N–H and O–H groups in total. The van der Waals surface area contributed by atoms with Crippen molar-refractivity contribution in [1.29, 1.82) is 0 Å². The zero-order valence-electron chi connectivity index (χ0n) is 16.6. The van der Waals surface area contributed by atoms with Gasteiger partial charge in [-0.3, -0.25) is 4.79 Å². The van der Waals surface area contributed by atoms with Gasteiger partial charge in [-0.15, -0.1) is 0 Å². The molecule has 6 heteroatoms. The first-order valence-corrected chi connectivity index (χ1v) is 9.91. The van der Waals surface area contributed by atoms with Gasteiger partial charge in [0.05, 0.1) is 18.5 Å². The van der Waals surface area contributed by atoms with Gasteiger partial charge in [-0.1, -0.05) is 48.5 Å². The average molecular weight is 391 g/mol. The lowest BCUT2D eigenvalue weighted by molar-refractivity contribution is -0.121. The number of benzene rings is 2. The summed E-state index contributed by atoms with van der Waals surface area (Å²) in [7, 11) is 0. The smallest absolute Gasteiger partial charge is 0.318 e. The number of furan rings is 1. The Morgan fingerprint density at radius 1 is 1.17 bits per heavy atom. The highest BCUT2D eigenvalue weighted by Crippen LogP contribution is 2.30. The molecule has 2 heterocycles. The van der Waals surface area contributed by atoms with Gasteiger partial charge in [-0.2, -0.15) is 0 Å². The second-order valence-electron chi connectivity index (χ2n) is 7.43. The van der Waals surface area contributed by atoms with E-state index in [-0.39, 0.29) is 30.4 Å². The van der Waals surface area contributed by atoms with Crippen LogP contribution in [0.15, 0.2) is 59.0 Å². The third-order valence-electron chi connectivity index (χ3n) is 5.49. The minimum absolute atomic E-state index is 0.0460. The molecule has 1 fully saturated rings. The van der Waals surface area contributed by atoms with Crippen LogP contribution in [0, 0.1) is 6.92 Å². The van der Waals surface area contributed by atoms with Crippen molar-refractivity contribution in [2.75, 3.05) is 13.1 Å². The predicted octanol–water partition coefficient (Wildman–Crippen LogP) is 4.08. The van der Waals surface area contributed by atoms with Crippen LogP contribution in [-0.4, -0.2) is 29.9 Å². The molecule has 2 atom stereocenters. The summed E-state index contributed by atoms with van der Waals surface area (Å²) >= 11 is 0. The standard InChI is InChI=1S/C23H25N3O3/c1-15-18-10-6-7-11-20(18)29-22(15)16(2)25-23(28)26-13-12-24-21(27)14-19(26)17-8-4-3-5-9-17/h3-11,16,19H,12-14H2,1-2H3,(H,24,27)(H,25,28)/t16-,19+/m1/s1. The van der Waals surface area contributed by atoms with Gasteiger partial charge in [0.1, 0.15) is 11.3 Å². The molecular weight excluding hydrogens is 366 g/mol. The van der Waals surface area contributed by atoms with Crippen molar-refractivity contribution >= 4 is 22.9 Å². The molecule has 0 aliphatic carbocycles. The lowest BCUT2D eigenvalue weighted by Crippen LogP contribution is -2.44. The summed E-state index contributed by atoms with van der Waals surface area (Å²) in [6, 6.07) is 16.7. The van der Waals surface area contributed by atoms with Gasteiger partial charge in [0.25, 0.3) is 0 Å². The quantitative estimate of drug-likeness (QED) is 0.707. The number of carbonyl (C=O) groups excluding carboxylic acids is 2. The zero-order chi connectivity index (χ0) is 20.4. The van der Waals surface area contributed by atoms with E-state index in [1.165, 1.54) is 0 Å². The number of para-hydroxylation sites is 1. The van der Waals surface area contributed by atoms with Gasteiger partial charge in [-0.25, -0.2) is 4.79 Å². The maximum absolute atomic E-state index is 13.2. The summed E-state index contributed by atoms with van der Waals surface area (Å²) in [4.78, 5) is 27.1. The topological polar surface area (TPSA) is 74.6 Å². The van der Waals surface area contributed by atoms with E-state index < -0.39 is 0 Å². The largest absolute Gasteiger partial charge is 0.459 e. The van der Waals surface area contributed by atoms with E-state index in [1.807, 2.05) is 68.4 Å². The van der Waals surface area contributed by atoms with E-state index in [1.54, 1.807) is 4.90 Å². The van der Waals surface area contributed by atoms with E-state index in [0.717, 1.165) is 27.9 Å². The number of fused-ring (bicyclic) bond motifs is 1. The first-order chi connectivity index (χ1) is 14.0. The van der Waals surface area contributed by atoms with Crippen molar-refractivity contribution in [3.63, 3.8) is 0 Å². The Morgan fingerprint density at radius 3 is 2.66 bits per heavy atom. The highest BCUT2D eigenvalue weighted by molar-refractivity contribution is 5.83. The third-order valence-corrected chi connectivity index (χ3v) is 5.49. The molecule has 1 aliphatic heterocycles. The molecule has 0 unspecified atom stereocenters. The highest BCUT2D eigenvalue weighted by atomic mass is 16.3. The summed E-state index contributed by atoms with van der Waals surface area (Å²) in [5.74, 6) is 0.704. The van der Waals surface area contributed by atoms with Gasteiger partial charge >= 0.3 is 6.03 Å². The molecule has 2 aromatic carbocycles. The molecule has 1 aliphatic rings. The molecule has 29 heavy (non-hydrogen) atoms. The van der Waals surface area contributed by atoms with Crippen LogP contribution in [0.25, 0.3) is 11.0 Å². The first kappa shape index (κ1) is 19.1. The van der Waals surface area contributed by atoms with Gasteiger partial charge in [0.2, 0.25) is 5.91 Å². The van der Waals surface area contributed by atoms with E-state index >= 15 is 0 Å². The van der Waals surface area contributed by atoms with Crippen LogP contribution in [0.5, 0.6) is 0 Å². The van der Waals surface area contributed by atoms with Gasteiger partial charge in [-0.05, 0) is 25.5 Å². The number of hydrogen-bond donors (Lipinski definition) is 2. The maximum atomic E-state index is 13.2. The molecule has 6 nitrogen and oxygen atoms in total. The zero-order valence-corrected chi connectivity index (χ0v) is 16.6. The molecule has 0 saturated carbocycles. The molecule has 0 radical (unpaired) electrons. The van der Waals surface area contributed by atoms with Crippen molar-refractivity contribution in [2.45, 2.75) is 32.4 Å². The summed E-state index contributed by atoms with van der Waals surface area (Å²) in [6.45, 7) is 4.81. The molecule has 0 spiro atoms. The van der Waals surface area contributed by atoms with Crippen LogP contribution in [0.3, 0.4) is 0 Å². The van der Waals surface area contributed by atoms with Crippen LogP contribution in [0.1, 0.15) is 42.3 Å². The number of urea groups is 1. The minimum Gasteiger partial charge on any atom is -0.459 e. The molecule has 150 valence electrons. The van der Waals surface area contributed by atoms with Crippen molar-refractivity contribution in [3.8, 4) is 0 Å². The van der Waals surface area contributed by atoms with Crippen molar-refractivity contribution in [2.24, 2.45) is 0 Å². The Hall–Kier alpha value is -3.28. The normalized spacial score (nSPS) is 18.2. The number of carbonyl (C=O) groups is 2. The fourth-order valence-corrected chi connectivity index (χ4v) is 3.99. The summed E-state index contributed by atoms with van der Waals surface area (Å²) in [5, 5.41) is 6.98. The van der Waals surface area contributed by atoms with E-state index in [0.29, 0.717) is 13.1 Å². The first-order valence-electron chi connectivity index (χ1n) is 9.91. The Kier molecular flexibility index (Phi) is 5.25. The number of aryl methyl sites for hydroxylation is 1. The molecule has 3 amide bonds. The number of amides is 3. The third kappa shape index (κ3) is 3.83. The van der Waals surface area contributed by atoms with Crippen molar-refractivity contribution < 1.29 is 14.0 Å². The molecule has 1 saturated heterocycles. The van der Waals surface area contributed by atoms with Gasteiger partial charge in [0.15, 0.2) is 0 Å². The summed E-state index contributed by atoms with van der Waals surface area (Å²) < 4.78 is 6.00. The summed E-state index contributed by atoms with van der Waals surface area (Å²) in [5.41, 5.74) is 2.79. The predicted molar refractivity (Wildman–Crippen MR) is 111 cm³/mol. The maximum Gasteiger partial charge on any atom is 0.318 e. The van der Waals surface area contributed by atoms with E-state index in [2.05, 4.69) is 10.6 Å². The highest BCUT2D eigenvalue weighted by Gasteiger charge is 2.31. The Balaban J connectivity index is 1.57. The van der Waals surface area contributed by atoms with E-state index in [4.69, 9.17) is 4.42 Å². The van der Waals surface area contributed by atoms with Gasteiger partial charge < -0.3 is 20.0 Å². The van der Waals surface area contributed by atoms with Gasteiger partial charge in [0, 0.05) is 24.0 Å². The second kappa shape index (κ2) is 7.99. The van der Waals surface area contributed by atoms with Crippen LogP contribution in [0.4, 0.5) is 4.79 Å². The fourth-order valence-electron chi connectivity index (χ4n) is 3.99. The van der Waals surface area contributed by atoms with Crippen LogP contribution in [-0.2, 0) is 4.79 Å². The number of hydrogen-bond acceptors (Lipinski definition) is 3. The molecule has 4 rings (SSSR count). The Labute approximate surface area is 169 Å². The Morgan fingerprint density at radius 2 is 1.90 bits per heavy atom. The monoisotopic (exact) mass is 391 g/mol. The van der Waals surface area contributed by atoms with Crippen LogP contribution < -0.4 is 10.6 Å². The molecule has 1 aromatic heterocycles. The lowest BCUT2D eigenvalue weighted by Gasteiger charge is -2.30. The average Bonchev–Trinajstić information content (AvgIpc) is 2.94. The van der Waals surface area contributed by atoms with E-state index in [9.17, 15) is 9.59 Å². The number of nitrogens with zero attached hydrogens (tertiary/aromatic N) is 1. The lowest BCUT2D eigenvalue weighted by atomic mass is 10.0. The summed E-state index contributed by atoms with van der Waals surface area (Å²) in [6.07, 6.45) is 0.246. The fraction of sp³-hybridized carbons (Fsp3) is 0.304. The second-order valence-corrected chi connectivity index (χ2v) is 7.43.